The predicted molar refractivity (Wildman–Crippen MR) is 84.8 cm³/mol. The van der Waals surface area contributed by atoms with Crippen LogP contribution in [0.25, 0.3) is 0 Å². The van der Waals surface area contributed by atoms with E-state index in [2.05, 4.69) is 36.3 Å². The number of carbonyl (C=O) groups is 1. The molecule has 0 aromatic heterocycles. The van der Waals surface area contributed by atoms with Crippen LogP contribution in [0.1, 0.15) is 52.9 Å². The molecule has 4 nitrogen and oxygen atoms in total. The van der Waals surface area contributed by atoms with Gasteiger partial charge in [-0.2, -0.15) is 0 Å². The molecular formula is C16H33N3O. The molecule has 0 bridgehead atoms. The lowest BCUT2D eigenvalue weighted by atomic mass is 10.0. The van der Waals surface area contributed by atoms with Gasteiger partial charge in [-0.3, -0.25) is 9.69 Å². The summed E-state index contributed by atoms with van der Waals surface area (Å²) in [5, 5.41) is 6.38. The van der Waals surface area contributed by atoms with Crippen LogP contribution in [0.3, 0.4) is 0 Å². The molecule has 1 saturated heterocycles. The van der Waals surface area contributed by atoms with Crippen LogP contribution in [0.2, 0.25) is 0 Å². The van der Waals surface area contributed by atoms with Crippen molar-refractivity contribution in [3.8, 4) is 0 Å². The molecule has 0 radical (unpaired) electrons. The summed E-state index contributed by atoms with van der Waals surface area (Å²) in [5.41, 5.74) is 0. The summed E-state index contributed by atoms with van der Waals surface area (Å²) >= 11 is 0. The molecule has 0 aromatic rings. The fraction of sp³-hybridized carbons (Fsp3) is 0.938. The average Bonchev–Trinajstić information content (AvgIpc) is 2.39. The van der Waals surface area contributed by atoms with Crippen LogP contribution in [-0.2, 0) is 4.79 Å². The Morgan fingerprint density at radius 1 is 1.25 bits per heavy atom. The zero-order chi connectivity index (χ0) is 15.0. The van der Waals surface area contributed by atoms with Crippen molar-refractivity contribution in [3.05, 3.63) is 0 Å². The first-order chi connectivity index (χ1) is 9.52. The fourth-order valence-corrected chi connectivity index (χ4v) is 2.90. The molecule has 2 atom stereocenters. The maximum absolute atomic E-state index is 12.1. The van der Waals surface area contributed by atoms with Gasteiger partial charge in [0, 0.05) is 18.6 Å². The van der Waals surface area contributed by atoms with Gasteiger partial charge in [0.25, 0.3) is 0 Å². The molecule has 0 spiro atoms. The first-order valence-corrected chi connectivity index (χ1v) is 8.21. The Hall–Kier alpha value is -0.610. The van der Waals surface area contributed by atoms with Crippen LogP contribution < -0.4 is 10.6 Å². The molecular weight excluding hydrogens is 250 g/mol. The second-order valence-electron chi connectivity index (χ2n) is 6.62. The number of rotatable bonds is 8. The Labute approximate surface area is 124 Å². The topological polar surface area (TPSA) is 44.4 Å². The summed E-state index contributed by atoms with van der Waals surface area (Å²) in [5.74, 6) is 0.890. The van der Waals surface area contributed by atoms with Gasteiger partial charge in [-0.25, -0.2) is 0 Å². The summed E-state index contributed by atoms with van der Waals surface area (Å²) in [4.78, 5) is 14.5. The van der Waals surface area contributed by atoms with Crippen LogP contribution in [0.5, 0.6) is 0 Å². The molecule has 1 heterocycles. The molecule has 0 aromatic carbocycles. The van der Waals surface area contributed by atoms with Crippen molar-refractivity contribution in [2.45, 2.75) is 65.0 Å². The number of amides is 1. The Bertz CT molecular complexity index is 279. The molecule has 1 aliphatic rings. The molecule has 20 heavy (non-hydrogen) atoms. The normalized spacial score (nSPS) is 21.9. The van der Waals surface area contributed by atoms with Crippen LogP contribution in [0.4, 0.5) is 0 Å². The van der Waals surface area contributed by atoms with E-state index in [9.17, 15) is 4.79 Å². The van der Waals surface area contributed by atoms with Gasteiger partial charge >= 0.3 is 0 Å². The second-order valence-corrected chi connectivity index (χ2v) is 6.62. The van der Waals surface area contributed by atoms with Crippen LogP contribution >= 0.6 is 0 Å². The number of likely N-dealkylation sites (tertiary alicyclic amines) is 1. The third-order valence-corrected chi connectivity index (χ3v) is 4.12. The van der Waals surface area contributed by atoms with E-state index in [0.29, 0.717) is 18.5 Å². The SMILES string of the molecule is CNCC1CCCCN1CC(=O)NC(C)CCC(C)C. The third-order valence-electron chi connectivity index (χ3n) is 4.12. The van der Waals surface area contributed by atoms with Gasteiger partial charge in [0.2, 0.25) is 5.91 Å². The summed E-state index contributed by atoms with van der Waals surface area (Å²) in [6.45, 7) is 9.16. The molecule has 1 fully saturated rings. The van der Waals surface area contributed by atoms with E-state index in [1.807, 2.05) is 7.05 Å². The molecule has 1 aliphatic heterocycles. The molecule has 0 aliphatic carbocycles. The zero-order valence-corrected chi connectivity index (χ0v) is 13.7. The van der Waals surface area contributed by atoms with Gasteiger partial charge in [0.15, 0.2) is 0 Å². The van der Waals surface area contributed by atoms with E-state index in [-0.39, 0.29) is 11.9 Å². The van der Waals surface area contributed by atoms with Gasteiger partial charge in [0.1, 0.15) is 0 Å². The van der Waals surface area contributed by atoms with Crippen LogP contribution in [0.15, 0.2) is 0 Å². The van der Waals surface area contributed by atoms with Crippen molar-refractivity contribution in [2.75, 3.05) is 26.7 Å². The highest BCUT2D eigenvalue weighted by Gasteiger charge is 2.23. The fourth-order valence-electron chi connectivity index (χ4n) is 2.90. The Morgan fingerprint density at radius 2 is 2.00 bits per heavy atom. The summed E-state index contributed by atoms with van der Waals surface area (Å²) in [6, 6.07) is 0.808. The number of nitrogens with zero attached hydrogens (tertiary/aromatic N) is 1. The van der Waals surface area contributed by atoms with Gasteiger partial charge in [-0.05, 0) is 52.1 Å². The van der Waals surface area contributed by atoms with E-state index in [4.69, 9.17) is 0 Å². The van der Waals surface area contributed by atoms with E-state index >= 15 is 0 Å². The van der Waals surface area contributed by atoms with Gasteiger partial charge in [-0.15, -0.1) is 0 Å². The van der Waals surface area contributed by atoms with Gasteiger partial charge < -0.3 is 10.6 Å². The zero-order valence-electron chi connectivity index (χ0n) is 13.7. The van der Waals surface area contributed by atoms with Crippen LogP contribution in [0, 0.1) is 5.92 Å². The van der Waals surface area contributed by atoms with E-state index in [0.717, 1.165) is 19.5 Å². The minimum absolute atomic E-state index is 0.184. The van der Waals surface area contributed by atoms with Crippen molar-refractivity contribution in [3.63, 3.8) is 0 Å². The van der Waals surface area contributed by atoms with E-state index < -0.39 is 0 Å². The number of hydrogen-bond acceptors (Lipinski definition) is 3. The lowest BCUT2D eigenvalue weighted by Gasteiger charge is -2.35. The summed E-state index contributed by atoms with van der Waals surface area (Å²) in [7, 11) is 1.99. The Balaban J connectivity index is 2.32. The highest BCUT2D eigenvalue weighted by atomic mass is 16.2. The molecule has 1 amide bonds. The smallest absolute Gasteiger partial charge is 0.234 e. The Morgan fingerprint density at radius 3 is 2.65 bits per heavy atom. The first kappa shape index (κ1) is 17.4. The molecule has 1 rings (SSSR count). The molecule has 4 heteroatoms. The summed E-state index contributed by atoms with van der Waals surface area (Å²) in [6.07, 6.45) is 5.96. The number of hydrogen-bond donors (Lipinski definition) is 2. The number of carbonyl (C=O) groups excluding carboxylic acids is 1. The lowest BCUT2D eigenvalue weighted by Crippen LogP contribution is -2.50. The van der Waals surface area contributed by atoms with Crippen molar-refractivity contribution in [2.24, 2.45) is 5.92 Å². The van der Waals surface area contributed by atoms with Crippen molar-refractivity contribution < 1.29 is 4.79 Å². The first-order valence-electron chi connectivity index (χ1n) is 8.21. The second kappa shape index (κ2) is 9.35. The monoisotopic (exact) mass is 283 g/mol. The van der Waals surface area contributed by atoms with Crippen LogP contribution in [-0.4, -0.2) is 49.6 Å². The van der Waals surface area contributed by atoms with Crippen molar-refractivity contribution in [1.82, 2.24) is 15.5 Å². The highest BCUT2D eigenvalue weighted by Crippen LogP contribution is 2.16. The number of likely N-dealkylation sites (N-methyl/N-ethyl adjacent to an activating group) is 1. The average molecular weight is 283 g/mol. The van der Waals surface area contributed by atoms with Crippen molar-refractivity contribution >= 4 is 5.91 Å². The maximum atomic E-state index is 12.1. The Kier molecular flexibility index (Phi) is 8.15. The van der Waals surface area contributed by atoms with E-state index in [1.54, 1.807) is 0 Å². The molecule has 118 valence electrons. The third kappa shape index (κ3) is 6.71. The van der Waals surface area contributed by atoms with Crippen molar-refractivity contribution in [1.29, 1.82) is 0 Å². The largest absolute Gasteiger partial charge is 0.353 e. The molecule has 2 N–H and O–H groups in total. The van der Waals surface area contributed by atoms with Gasteiger partial charge in [0.05, 0.1) is 6.54 Å². The predicted octanol–water partition coefficient (Wildman–Crippen LogP) is 2.00. The quantitative estimate of drug-likeness (QED) is 0.716. The maximum Gasteiger partial charge on any atom is 0.234 e. The minimum atomic E-state index is 0.184. The van der Waals surface area contributed by atoms with Gasteiger partial charge in [-0.1, -0.05) is 20.3 Å². The standard InChI is InChI=1S/C16H33N3O/c1-13(2)8-9-14(3)18-16(20)12-19-10-6-5-7-15(19)11-17-4/h13-15,17H,5-12H2,1-4H3,(H,18,20). The number of nitrogens with one attached hydrogen (secondary N) is 2. The summed E-state index contributed by atoms with van der Waals surface area (Å²) < 4.78 is 0. The molecule has 0 saturated carbocycles. The lowest BCUT2D eigenvalue weighted by molar-refractivity contribution is -0.123. The highest BCUT2D eigenvalue weighted by molar-refractivity contribution is 5.78. The number of piperidine rings is 1. The van der Waals surface area contributed by atoms with E-state index in [1.165, 1.54) is 25.7 Å². The molecule has 2 unspecified atom stereocenters. The minimum Gasteiger partial charge on any atom is -0.353 e.